The number of allylic oxidation sites excluding steroid dienone is 2. The molecule has 10 atom stereocenters. The summed E-state index contributed by atoms with van der Waals surface area (Å²) in [7, 11) is 1.51. The Morgan fingerprint density at radius 2 is 1.68 bits per heavy atom. The second kappa shape index (κ2) is 7.43. The van der Waals surface area contributed by atoms with Crippen LogP contribution in [0.1, 0.15) is 99.3 Å². The second-order valence-electron chi connectivity index (χ2n) is 14.4. The fourth-order valence-electron chi connectivity index (χ4n) is 10.3. The minimum Gasteiger partial charge on any atom is -0.469 e. The van der Waals surface area contributed by atoms with Crippen LogP contribution in [0.5, 0.6) is 0 Å². The van der Waals surface area contributed by atoms with Crippen molar-refractivity contribution in [1.29, 1.82) is 0 Å². The number of rotatable bonds is 1. The van der Waals surface area contributed by atoms with Crippen molar-refractivity contribution in [3.8, 4) is 0 Å². The molecule has 0 saturated heterocycles. The first-order valence-corrected chi connectivity index (χ1v) is 13.9. The van der Waals surface area contributed by atoms with Gasteiger partial charge >= 0.3 is 5.97 Å². The molecular formula is C30H47NO3. The Morgan fingerprint density at radius 3 is 2.35 bits per heavy atom. The number of hydrogen-bond acceptors (Lipinski definition) is 4. The lowest BCUT2D eigenvalue weighted by molar-refractivity contribution is -0.178. The molecule has 0 bridgehead atoms. The molecule has 4 nitrogen and oxygen atoms in total. The van der Waals surface area contributed by atoms with Crippen molar-refractivity contribution >= 4 is 11.8 Å². The minimum absolute atomic E-state index is 0.000897. The molecule has 5 aliphatic rings. The molecule has 4 fully saturated rings. The molecule has 4 saturated carbocycles. The zero-order valence-corrected chi connectivity index (χ0v) is 22.6. The maximum absolute atomic E-state index is 14.2. The normalized spacial score (nSPS) is 54.6. The van der Waals surface area contributed by atoms with E-state index in [0.717, 1.165) is 44.9 Å². The average molecular weight is 470 g/mol. The molecule has 0 spiro atoms. The summed E-state index contributed by atoms with van der Waals surface area (Å²) in [5, 5.41) is 0. The molecule has 0 radical (unpaired) electrons. The lowest BCUT2D eigenvalue weighted by atomic mass is 9.34. The number of hydrogen-bond donors (Lipinski definition) is 1. The van der Waals surface area contributed by atoms with Crippen molar-refractivity contribution < 1.29 is 14.3 Å². The van der Waals surface area contributed by atoms with E-state index in [1.165, 1.54) is 25.5 Å². The van der Waals surface area contributed by atoms with Gasteiger partial charge in [0.05, 0.1) is 12.5 Å². The lowest BCUT2D eigenvalue weighted by Crippen LogP contribution is -2.65. The fraction of sp³-hybridized carbons (Fsp3) is 0.867. The Labute approximate surface area is 206 Å². The van der Waals surface area contributed by atoms with Gasteiger partial charge in [-0.05, 0) is 110 Å². The van der Waals surface area contributed by atoms with Crippen molar-refractivity contribution in [2.75, 3.05) is 7.11 Å². The molecule has 0 amide bonds. The molecule has 190 valence electrons. The summed E-state index contributed by atoms with van der Waals surface area (Å²) < 4.78 is 5.25. The van der Waals surface area contributed by atoms with Gasteiger partial charge in [0.1, 0.15) is 0 Å². The summed E-state index contributed by atoms with van der Waals surface area (Å²) in [5.41, 5.74) is 7.58. The molecular weight excluding hydrogens is 422 g/mol. The van der Waals surface area contributed by atoms with Crippen molar-refractivity contribution in [2.45, 2.75) is 105 Å². The van der Waals surface area contributed by atoms with Crippen LogP contribution >= 0.6 is 0 Å². The number of esters is 1. The molecule has 0 aromatic carbocycles. The van der Waals surface area contributed by atoms with Gasteiger partial charge in [-0.2, -0.15) is 0 Å². The van der Waals surface area contributed by atoms with Crippen LogP contribution < -0.4 is 5.73 Å². The molecule has 5 rings (SSSR count). The number of carbonyl (C=O) groups excluding carboxylic acids is 2. The molecule has 5 aliphatic carbocycles. The smallest absolute Gasteiger partial charge is 0.311 e. The maximum atomic E-state index is 14.2. The first kappa shape index (κ1) is 24.5. The van der Waals surface area contributed by atoms with Gasteiger partial charge in [0.25, 0.3) is 0 Å². The van der Waals surface area contributed by atoms with Crippen molar-refractivity contribution in [3.05, 3.63) is 11.6 Å². The van der Waals surface area contributed by atoms with Gasteiger partial charge in [0.15, 0.2) is 5.78 Å². The van der Waals surface area contributed by atoms with Crippen LogP contribution in [0.2, 0.25) is 0 Å². The molecule has 0 aromatic heterocycles. The van der Waals surface area contributed by atoms with E-state index in [0.29, 0.717) is 17.6 Å². The van der Waals surface area contributed by atoms with E-state index in [9.17, 15) is 9.59 Å². The summed E-state index contributed by atoms with van der Waals surface area (Å²) in [6.07, 6.45) is 11.5. The van der Waals surface area contributed by atoms with Gasteiger partial charge in [0, 0.05) is 12.0 Å². The Balaban J connectivity index is 1.60. The molecule has 4 heteroatoms. The zero-order chi connectivity index (χ0) is 24.9. The standard InChI is InChI=1S/C30H47NO3/c1-18-19-8-11-30(6)24(28(19,4)10-9-22(18)31)23(32)16-20-21-17-27(3,25(33)34-7)13-12-26(21,2)14-15-29(20,30)5/h16,18-19,21-22,24H,8-15,17,31H2,1-7H3/t18-,19+,21+,22?,24-,26-,27+,28+,29-,30-/m1/s1. The maximum Gasteiger partial charge on any atom is 0.311 e. The first-order chi connectivity index (χ1) is 15.8. The van der Waals surface area contributed by atoms with E-state index < -0.39 is 5.41 Å². The van der Waals surface area contributed by atoms with Crippen molar-refractivity contribution in [2.24, 2.45) is 56.5 Å². The van der Waals surface area contributed by atoms with E-state index in [1.54, 1.807) is 0 Å². The van der Waals surface area contributed by atoms with Gasteiger partial charge in [-0.15, -0.1) is 0 Å². The Bertz CT molecular complexity index is 941. The van der Waals surface area contributed by atoms with Crippen LogP contribution in [-0.2, 0) is 14.3 Å². The van der Waals surface area contributed by atoms with Crippen LogP contribution in [-0.4, -0.2) is 24.9 Å². The van der Waals surface area contributed by atoms with Crippen LogP contribution in [0.3, 0.4) is 0 Å². The van der Waals surface area contributed by atoms with Gasteiger partial charge in [-0.3, -0.25) is 9.59 Å². The van der Waals surface area contributed by atoms with Crippen molar-refractivity contribution in [1.82, 2.24) is 0 Å². The number of ether oxygens (including phenoxy) is 1. The summed E-state index contributed by atoms with van der Waals surface area (Å²) in [6, 6.07) is 0.261. The fourth-order valence-corrected chi connectivity index (χ4v) is 10.3. The topological polar surface area (TPSA) is 69.4 Å². The number of methoxy groups -OCH3 is 1. The molecule has 0 aromatic rings. The predicted octanol–water partition coefficient (Wildman–Crippen LogP) is 6.08. The third kappa shape index (κ3) is 2.93. The highest BCUT2D eigenvalue weighted by molar-refractivity contribution is 5.95. The van der Waals surface area contributed by atoms with Gasteiger partial charge in [-0.25, -0.2) is 0 Å². The number of ketones is 1. The molecule has 2 N–H and O–H groups in total. The third-order valence-corrected chi connectivity index (χ3v) is 12.9. The van der Waals surface area contributed by atoms with Crippen molar-refractivity contribution in [3.63, 3.8) is 0 Å². The van der Waals surface area contributed by atoms with Crippen LogP contribution in [0.15, 0.2) is 11.6 Å². The Kier molecular flexibility index (Phi) is 5.36. The van der Waals surface area contributed by atoms with Gasteiger partial charge in [-0.1, -0.05) is 40.2 Å². The van der Waals surface area contributed by atoms with Crippen LogP contribution in [0, 0.1) is 50.7 Å². The van der Waals surface area contributed by atoms with Gasteiger partial charge < -0.3 is 10.5 Å². The van der Waals surface area contributed by atoms with Crippen LogP contribution in [0.4, 0.5) is 0 Å². The van der Waals surface area contributed by atoms with Gasteiger partial charge in [0.2, 0.25) is 0 Å². The van der Waals surface area contributed by atoms with E-state index >= 15 is 0 Å². The number of nitrogens with two attached hydrogens (primary N) is 1. The minimum atomic E-state index is -0.461. The molecule has 34 heavy (non-hydrogen) atoms. The number of carbonyl (C=O) groups is 2. The summed E-state index contributed by atoms with van der Waals surface area (Å²) >= 11 is 0. The highest BCUT2D eigenvalue weighted by Gasteiger charge is 2.69. The van der Waals surface area contributed by atoms with E-state index in [2.05, 4.69) is 47.6 Å². The summed E-state index contributed by atoms with van der Waals surface area (Å²) in [6.45, 7) is 14.2. The second-order valence-corrected chi connectivity index (χ2v) is 14.4. The Morgan fingerprint density at radius 1 is 1.00 bits per heavy atom. The largest absolute Gasteiger partial charge is 0.469 e. The van der Waals surface area contributed by atoms with Crippen LogP contribution in [0.25, 0.3) is 0 Å². The zero-order valence-electron chi connectivity index (χ0n) is 22.6. The molecule has 1 unspecified atom stereocenters. The highest BCUT2D eigenvalue weighted by atomic mass is 16.5. The lowest BCUT2D eigenvalue weighted by Gasteiger charge is -2.69. The molecule has 0 aliphatic heterocycles. The van der Waals surface area contributed by atoms with E-state index in [1.807, 2.05) is 0 Å². The highest BCUT2D eigenvalue weighted by Crippen LogP contribution is 2.74. The first-order valence-electron chi connectivity index (χ1n) is 13.9. The Hall–Kier alpha value is -1.16. The predicted molar refractivity (Wildman–Crippen MR) is 135 cm³/mol. The van der Waals surface area contributed by atoms with E-state index in [4.69, 9.17) is 10.5 Å². The summed E-state index contributed by atoms with van der Waals surface area (Å²) in [5.74, 6) is 1.62. The molecule has 0 heterocycles. The number of fused-ring (bicyclic) bond motifs is 7. The summed E-state index contributed by atoms with van der Waals surface area (Å²) in [4.78, 5) is 27.0. The monoisotopic (exact) mass is 469 g/mol. The third-order valence-electron chi connectivity index (χ3n) is 12.9. The van der Waals surface area contributed by atoms with E-state index in [-0.39, 0.29) is 45.5 Å². The average Bonchev–Trinajstić information content (AvgIpc) is 2.78. The SMILES string of the molecule is COC(=O)[C@@]1(C)CC[C@]2(C)CC[C@]3(C)C(=CC(=O)[C@@H]4[C@@]5(C)CCC(N)[C@H](C)[C@@H]5CC[C@]43C)[C@@H]2C1. The quantitative estimate of drug-likeness (QED) is 0.473.